The molecule has 24 heavy (non-hydrogen) atoms. The van der Waals surface area contributed by atoms with Crippen LogP contribution in [0.15, 0.2) is 48.7 Å². The van der Waals surface area contributed by atoms with Crippen LogP contribution in [0.4, 0.5) is 0 Å². The van der Waals surface area contributed by atoms with Gasteiger partial charge in [0.05, 0.1) is 0 Å². The first-order valence-electron chi connectivity index (χ1n) is 8.73. The molecule has 1 aromatic heterocycles. The standard InChI is InChI=1S/C23H28N/c1-16-7-8-17(2)21(11-16)22-13-20-12-18(14-23(3,4)5)9-10-19(20)15-24(22)6/h7-13,15H,14H2,1-6H3/q+1. The van der Waals surface area contributed by atoms with Gasteiger partial charge < -0.3 is 0 Å². The average molecular weight is 318 g/mol. The molecular formula is C23H28N+. The summed E-state index contributed by atoms with van der Waals surface area (Å²) in [6.07, 6.45) is 3.34. The van der Waals surface area contributed by atoms with Crippen molar-refractivity contribution in [3.63, 3.8) is 0 Å². The molecule has 0 aliphatic heterocycles. The van der Waals surface area contributed by atoms with Crippen LogP contribution in [-0.4, -0.2) is 0 Å². The smallest absolute Gasteiger partial charge is 0.200 e. The molecule has 0 atom stereocenters. The normalized spacial score (nSPS) is 11.9. The Labute approximate surface area is 146 Å². The highest BCUT2D eigenvalue weighted by Crippen LogP contribution is 2.27. The van der Waals surface area contributed by atoms with Gasteiger partial charge in [-0.25, -0.2) is 4.57 Å². The van der Waals surface area contributed by atoms with Crippen molar-refractivity contribution in [1.82, 2.24) is 0 Å². The zero-order valence-electron chi connectivity index (χ0n) is 15.8. The Morgan fingerprint density at radius 3 is 2.33 bits per heavy atom. The molecule has 0 N–H and O–H groups in total. The lowest BCUT2D eigenvalue weighted by atomic mass is 9.87. The van der Waals surface area contributed by atoms with Crippen molar-refractivity contribution in [2.75, 3.05) is 0 Å². The van der Waals surface area contributed by atoms with E-state index in [1.165, 1.54) is 38.7 Å². The number of benzene rings is 2. The first kappa shape index (κ1) is 16.7. The number of aromatic nitrogens is 1. The lowest BCUT2D eigenvalue weighted by Crippen LogP contribution is -2.30. The van der Waals surface area contributed by atoms with E-state index in [9.17, 15) is 0 Å². The molecule has 0 saturated heterocycles. The van der Waals surface area contributed by atoms with E-state index >= 15 is 0 Å². The van der Waals surface area contributed by atoms with Crippen LogP contribution in [0.5, 0.6) is 0 Å². The van der Waals surface area contributed by atoms with Gasteiger partial charge in [-0.2, -0.15) is 0 Å². The lowest BCUT2D eigenvalue weighted by Gasteiger charge is -2.18. The summed E-state index contributed by atoms with van der Waals surface area (Å²) in [4.78, 5) is 0. The third kappa shape index (κ3) is 3.51. The molecule has 124 valence electrons. The number of rotatable bonds is 2. The van der Waals surface area contributed by atoms with Crippen LogP contribution < -0.4 is 4.57 Å². The molecule has 0 aliphatic carbocycles. The first-order valence-corrected chi connectivity index (χ1v) is 8.73. The van der Waals surface area contributed by atoms with Gasteiger partial charge in [-0.05, 0) is 54.3 Å². The fraction of sp³-hybridized carbons (Fsp3) is 0.348. The molecule has 1 nitrogen and oxygen atoms in total. The molecule has 0 radical (unpaired) electrons. The molecule has 0 fully saturated rings. The maximum Gasteiger partial charge on any atom is 0.213 e. The number of fused-ring (bicyclic) bond motifs is 1. The zero-order chi connectivity index (χ0) is 17.5. The van der Waals surface area contributed by atoms with Gasteiger partial charge in [-0.1, -0.05) is 50.6 Å². The van der Waals surface area contributed by atoms with Crippen molar-refractivity contribution in [2.24, 2.45) is 12.5 Å². The quantitative estimate of drug-likeness (QED) is 0.546. The van der Waals surface area contributed by atoms with Crippen molar-refractivity contribution < 1.29 is 4.57 Å². The largest absolute Gasteiger partial charge is 0.213 e. The summed E-state index contributed by atoms with van der Waals surface area (Å²) in [5.41, 5.74) is 6.94. The number of pyridine rings is 1. The molecule has 1 heteroatoms. The van der Waals surface area contributed by atoms with E-state index in [0.29, 0.717) is 5.41 Å². The van der Waals surface area contributed by atoms with E-state index in [1.807, 2.05) is 0 Å². The maximum absolute atomic E-state index is 2.36. The zero-order valence-corrected chi connectivity index (χ0v) is 15.8. The molecule has 0 aliphatic rings. The molecule has 0 unspecified atom stereocenters. The van der Waals surface area contributed by atoms with Gasteiger partial charge in [0.2, 0.25) is 5.69 Å². The summed E-state index contributed by atoms with van der Waals surface area (Å²) in [7, 11) is 2.14. The van der Waals surface area contributed by atoms with Crippen molar-refractivity contribution in [3.8, 4) is 11.3 Å². The summed E-state index contributed by atoms with van der Waals surface area (Å²) < 4.78 is 2.24. The van der Waals surface area contributed by atoms with Gasteiger partial charge in [0.25, 0.3) is 0 Å². The molecule has 0 saturated carbocycles. The Morgan fingerprint density at radius 1 is 0.875 bits per heavy atom. The topological polar surface area (TPSA) is 3.88 Å². The van der Waals surface area contributed by atoms with Crippen LogP contribution in [0.1, 0.15) is 37.5 Å². The third-order valence-corrected chi connectivity index (χ3v) is 4.56. The third-order valence-electron chi connectivity index (χ3n) is 4.56. The van der Waals surface area contributed by atoms with E-state index in [4.69, 9.17) is 0 Å². The highest BCUT2D eigenvalue weighted by atomic mass is 14.9. The van der Waals surface area contributed by atoms with Crippen LogP contribution in [-0.2, 0) is 13.5 Å². The molecule has 0 bridgehead atoms. The van der Waals surface area contributed by atoms with Gasteiger partial charge in [-0.3, -0.25) is 0 Å². The highest BCUT2D eigenvalue weighted by molar-refractivity contribution is 5.84. The molecular weight excluding hydrogens is 290 g/mol. The Balaban J connectivity index is 2.15. The Hall–Kier alpha value is -2.15. The number of hydrogen-bond donors (Lipinski definition) is 0. The van der Waals surface area contributed by atoms with Gasteiger partial charge in [-0.15, -0.1) is 0 Å². The Bertz CT molecular complexity index is 898. The highest BCUT2D eigenvalue weighted by Gasteiger charge is 2.16. The van der Waals surface area contributed by atoms with Gasteiger partial charge in [0.1, 0.15) is 7.05 Å². The maximum atomic E-state index is 2.36. The minimum absolute atomic E-state index is 0.309. The summed E-state index contributed by atoms with van der Waals surface area (Å²) in [5, 5.41) is 2.62. The fourth-order valence-electron chi connectivity index (χ4n) is 3.40. The van der Waals surface area contributed by atoms with Crippen molar-refractivity contribution >= 4 is 10.8 Å². The summed E-state index contributed by atoms with van der Waals surface area (Å²) in [6, 6.07) is 15.9. The Kier molecular flexibility index (Phi) is 4.21. The summed E-state index contributed by atoms with van der Waals surface area (Å²) in [5.74, 6) is 0. The number of hydrogen-bond acceptors (Lipinski definition) is 0. The fourth-order valence-corrected chi connectivity index (χ4v) is 3.40. The second-order valence-electron chi connectivity index (χ2n) is 8.29. The van der Waals surface area contributed by atoms with Gasteiger partial charge >= 0.3 is 0 Å². The summed E-state index contributed by atoms with van der Waals surface area (Å²) in [6.45, 7) is 11.2. The minimum atomic E-state index is 0.309. The second-order valence-corrected chi connectivity index (χ2v) is 8.29. The van der Waals surface area contributed by atoms with E-state index in [0.717, 1.165) is 6.42 Å². The molecule has 0 amide bonds. The van der Waals surface area contributed by atoms with Crippen LogP contribution in [0.2, 0.25) is 0 Å². The SMILES string of the molecule is Cc1ccc(C)c(-c2cc3cc(CC(C)(C)C)ccc3c[n+]2C)c1. The second kappa shape index (κ2) is 6.05. The van der Waals surface area contributed by atoms with Gasteiger partial charge in [0.15, 0.2) is 6.20 Å². The number of aryl methyl sites for hydroxylation is 3. The molecule has 3 rings (SSSR count). The van der Waals surface area contributed by atoms with Crippen LogP contribution in [0.25, 0.3) is 22.0 Å². The lowest BCUT2D eigenvalue weighted by molar-refractivity contribution is -0.659. The first-order chi connectivity index (χ1) is 11.2. The molecule has 0 spiro atoms. The Morgan fingerprint density at radius 2 is 1.62 bits per heavy atom. The predicted octanol–water partition coefficient (Wildman–Crippen LogP) is 5.54. The monoisotopic (exact) mass is 318 g/mol. The van der Waals surface area contributed by atoms with Crippen LogP contribution in [0.3, 0.4) is 0 Å². The average Bonchev–Trinajstić information content (AvgIpc) is 2.48. The van der Waals surface area contributed by atoms with Crippen molar-refractivity contribution in [2.45, 2.75) is 41.0 Å². The molecule has 3 aromatic rings. The minimum Gasteiger partial charge on any atom is -0.200 e. The van der Waals surface area contributed by atoms with Crippen LogP contribution >= 0.6 is 0 Å². The van der Waals surface area contributed by atoms with Gasteiger partial charge in [0, 0.05) is 17.0 Å². The van der Waals surface area contributed by atoms with Crippen molar-refractivity contribution in [3.05, 3.63) is 65.4 Å². The molecule has 2 aromatic carbocycles. The van der Waals surface area contributed by atoms with E-state index in [1.54, 1.807) is 0 Å². The van der Waals surface area contributed by atoms with E-state index < -0.39 is 0 Å². The van der Waals surface area contributed by atoms with Crippen LogP contribution in [0, 0.1) is 19.3 Å². The van der Waals surface area contributed by atoms with E-state index in [-0.39, 0.29) is 0 Å². The summed E-state index contributed by atoms with van der Waals surface area (Å²) >= 11 is 0. The number of nitrogens with zero attached hydrogens (tertiary/aromatic N) is 1. The van der Waals surface area contributed by atoms with E-state index in [2.05, 4.69) is 94.9 Å². The van der Waals surface area contributed by atoms with Crippen molar-refractivity contribution in [1.29, 1.82) is 0 Å². The predicted molar refractivity (Wildman–Crippen MR) is 103 cm³/mol. The molecule has 1 heterocycles.